The molecule has 0 aliphatic rings. The fourth-order valence-corrected chi connectivity index (χ4v) is 1.20. The van der Waals surface area contributed by atoms with E-state index in [4.69, 9.17) is 5.11 Å². The molecule has 0 bridgehead atoms. The van der Waals surface area contributed by atoms with Crippen LogP contribution in [0, 0.1) is 5.92 Å². The zero-order valence-corrected chi connectivity index (χ0v) is 10.5. The number of carboxylic acids is 1. The fraction of sp³-hybridized carbons (Fsp3) is 0.818. The van der Waals surface area contributed by atoms with Gasteiger partial charge >= 0.3 is 12.0 Å². The molecular weight excluding hydrogens is 208 g/mol. The maximum absolute atomic E-state index is 11.7. The lowest BCUT2D eigenvalue weighted by Gasteiger charge is -2.25. The van der Waals surface area contributed by atoms with Crippen LogP contribution in [0.4, 0.5) is 4.79 Å². The van der Waals surface area contributed by atoms with Gasteiger partial charge in [-0.15, -0.1) is 0 Å². The summed E-state index contributed by atoms with van der Waals surface area (Å²) >= 11 is 0. The number of nitrogens with one attached hydrogen (secondary N) is 1. The lowest BCUT2D eigenvalue weighted by atomic mass is 10.1. The predicted octanol–water partition coefficient (Wildman–Crippen LogP) is 1.54. The van der Waals surface area contributed by atoms with E-state index in [2.05, 4.69) is 19.2 Å². The molecule has 0 heterocycles. The van der Waals surface area contributed by atoms with Gasteiger partial charge in [0.2, 0.25) is 0 Å². The summed E-state index contributed by atoms with van der Waals surface area (Å²) in [5.74, 6) is -0.598. The van der Waals surface area contributed by atoms with Crippen LogP contribution in [0.15, 0.2) is 0 Å². The average Bonchev–Trinajstić information content (AvgIpc) is 2.24. The minimum atomic E-state index is -1.02. The van der Waals surface area contributed by atoms with Crippen LogP contribution in [0.2, 0.25) is 0 Å². The van der Waals surface area contributed by atoms with Crippen molar-refractivity contribution in [2.75, 3.05) is 13.1 Å². The average molecular weight is 230 g/mol. The Labute approximate surface area is 96.8 Å². The minimum absolute atomic E-state index is 0.308. The molecule has 16 heavy (non-hydrogen) atoms. The smallest absolute Gasteiger partial charge is 0.325 e. The van der Waals surface area contributed by atoms with E-state index in [0.717, 1.165) is 6.42 Å². The van der Waals surface area contributed by atoms with E-state index in [1.54, 1.807) is 4.90 Å². The van der Waals surface area contributed by atoms with Gasteiger partial charge in [-0.2, -0.15) is 0 Å². The third kappa shape index (κ3) is 5.00. The number of hydrogen-bond acceptors (Lipinski definition) is 2. The SMILES string of the molecule is CCC(C)CN(CC)C(=O)N[C@@H](C)C(=O)O. The van der Waals surface area contributed by atoms with Gasteiger partial charge in [-0.05, 0) is 19.8 Å². The lowest BCUT2D eigenvalue weighted by Crippen LogP contribution is -2.47. The maximum Gasteiger partial charge on any atom is 0.325 e. The summed E-state index contributed by atoms with van der Waals surface area (Å²) in [7, 11) is 0. The van der Waals surface area contributed by atoms with Crippen molar-refractivity contribution in [2.24, 2.45) is 5.92 Å². The van der Waals surface area contributed by atoms with Gasteiger partial charge in [-0.3, -0.25) is 4.79 Å². The van der Waals surface area contributed by atoms with Crippen LogP contribution in [-0.2, 0) is 4.79 Å². The maximum atomic E-state index is 11.7. The predicted molar refractivity (Wildman–Crippen MR) is 62.3 cm³/mol. The lowest BCUT2D eigenvalue weighted by molar-refractivity contribution is -0.138. The highest BCUT2D eigenvalue weighted by Crippen LogP contribution is 2.04. The highest BCUT2D eigenvalue weighted by Gasteiger charge is 2.19. The number of hydrogen-bond donors (Lipinski definition) is 2. The van der Waals surface area contributed by atoms with Crippen molar-refractivity contribution >= 4 is 12.0 Å². The molecule has 5 nitrogen and oxygen atoms in total. The summed E-state index contributed by atoms with van der Waals surface area (Å²) in [6.07, 6.45) is 0.998. The van der Waals surface area contributed by atoms with Crippen LogP contribution in [0.5, 0.6) is 0 Å². The number of carbonyl (C=O) groups is 2. The second-order valence-electron chi connectivity index (χ2n) is 4.06. The molecule has 0 spiro atoms. The van der Waals surface area contributed by atoms with Gasteiger partial charge in [0.05, 0.1) is 0 Å². The molecule has 0 rings (SSSR count). The highest BCUT2D eigenvalue weighted by molar-refractivity contribution is 5.82. The summed E-state index contributed by atoms with van der Waals surface area (Å²) in [6.45, 7) is 8.71. The zero-order chi connectivity index (χ0) is 12.7. The summed E-state index contributed by atoms with van der Waals surface area (Å²) in [4.78, 5) is 23.9. The van der Waals surface area contributed by atoms with Crippen molar-refractivity contribution < 1.29 is 14.7 Å². The molecule has 2 N–H and O–H groups in total. The molecule has 0 aliphatic heterocycles. The first-order valence-electron chi connectivity index (χ1n) is 5.70. The number of aliphatic carboxylic acids is 1. The van der Waals surface area contributed by atoms with Gasteiger partial charge in [-0.25, -0.2) is 4.79 Å². The number of urea groups is 1. The topological polar surface area (TPSA) is 69.6 Å². The Balaban J connectivity index is 4.25. The third-order valence-corrected chi connectivity index (χ3v) is 2.61. The number of rotatable bonds is 6. The van der Waals surface area contributed by atoms with E-state index in [1.807, 2.05) is 6.92 Å². The Bertz CT molecular complexity index is 243. The molecule has 0 aromatic heterocycles. The van der Waals surface area contributed by atoms with Crippen LogP contribution in [0.25, 0.3) is 0 Å². The summed E-state index contributed by atoms with van der Waals surface area (Å²) < 4.78 is 0. The number of amides is 2. The van der Waals surface area contributed by atoms with Gasteiger partial charge in [0, 0.05) is 13.1 Å². The largest absolute Gasteiger partial charge is 0.480 e. The van der Waals surface area contributed by atoms with Gasteiger partial charge in [-0.1, -0.05) is 20.3 Å². The van der Waals surface area contributed by atoms with Crippen molar-refractivity contribution in [2.45, 2.75) is 40.2 Å². The molecule has 1 unspecified atom stereocenters. The normalized spacial score (nSPS) is 14.0. The van der Waals surface area contributed by atoms with Crippen LogP contribution in [0.3, 0.4) is 0 Å². The van der Waals surface area contributed by atoms with Gasteiger partial charge in [0.15, 0.2) is 0 Å². The van der Waals surface area contributed by atoms with E-state index in [0.29, 0.717) is 19.0 Å². The molecule has 0 aliphatic carbocycles. The Morgan fingerprint density at radius 3 is 2.25 bits per heavy atom. The van der Waals surface area contributed by atoms with Crippen molar-refractivity contribution in [3.63, 3.8) is 0 Å². The van der Waals surface area contributed by atoms with E-state index in [1.165, 1.54) is 6.92 Å². The highest BCUT2D eigenvalue weighted by atomic mass is 16.4. The number of carboxylic acid groups (broad SMARTS) is 1. The van der Waals surface area contributed by atoms with Gasteiger partial charge in [0.25, 0.3) is 0 Å². The second kappa shape index (κ2) is 7.09. The third-order valence-electron chi connectivity index (χ3n) is 2.61. The van der Waals surface area contributed by atoms with Crippen LogP contribution < -0.4 is 5.32 Å². The van der Waals surface area contributed by atoms with Crippen LogP contribution in [0.1, 0.15) is 34.1 Å². The van der Waals surface area contributed by atoms with E-state index >= 15 is 0 Å². The molecule has 0 aromatic rings. The minimum Gasteiger partial charge on any atom is -0.480 e. The van der Waals surface area contributed by atoms with Crippen molar-refractivity contribution in [1.82, 2.24) is 10.2 Å². The van der Waals surface area contributed by atoms with Crippen LogP contribution >= 0.6 is 0 Å². The Morgan fingerprint density at radius 2 is 1.88 bits per heavy atom. The summed E-state index contributed by atoms with van der Waals surface area (Å²) in [6, 6.07) is -1.16. The summed E-state index contributed by atoms with van der Waals surface area (Å²) in [5, 5.41) is 11.1. The standard InChI is InChI=1S/C11H22N2O3/c1-5-8(3)7-13(6-2)11(16)12-9(4)10(14)15/h8-9H,5-7H2,1-4H3,(H,12,16)(H,14,15)/t8?,9-/m0/s1. The first-order valence-corrected chi connectivity index (χ1v) is 5.70. The first-order chi connectivity index (χ1) is 7.42. The molecule has 0 saturated carbocycles. The quantitative estimate of drug-likeness (QED) is 0.727. The van der Waals surface area contributed by atoms with Gasteiger partial charge in [0.1, 0.15) is 6.04 Å². The summed E-state index contributed by atoms with van der Waals surface area (Å²) in [5.41, 5.74) is 0. The number of nitrogens with zero attached hydrogens (tertiary/aromatic N) is 1. The zero-order valence-electron chi connectivity index (χ0n) is 10.5. The van der Waals surface area contributed by atoms with Crippen LogP contribution in [-0.4, -0.2) is 41.1 Å². The monoisotopic (exact) mass is 230 g/mol. The van der Waals surface area contributed by atoms with Crippen molar-refractivity contribution in [1.29, 1.82) is 0 Å². The molecule has 94 valence electrons. The van der Waals surface area contributed by atoms with E-state index in [-0.39, 0.29) is 6.03 Å². The fourth-order valence-electron chi connectivity index (χ4n) is 1.20. The Hall–Kier alpha value is -1.26. The van der Waals surface area contributed by atoms with Crippen molar-refractivity contribution in [3.8, 4) is 0 Å². The Kier molecular flexibility index (Phi) is 6.53. The number of carbonyl (C=O) groups excluding carboxylic acids is 1. The molecule has 0 aromatic carbocycles. The first kappa shape index (κ1) is 14.7. The molecule has 0 radical (unpaired) electrons. The molecule has 0 saturated heterocycles. The van der Waals surface area contributed by atoms with E-state index in [9.17, 15) is 9.59 Å². The molecule has 0 fully saturated rings. The molecule has 5 heteroatoms. The van der Waals surface area contributed by atoms with Crippen molar-refractivity contribution in [3.05, 3.63) is 0 Å². The van der Waals surface area contributed by atoms with E-state index < -0.39 is 12.0 Å². The second-order valence-corrected chi connectivity index (χ2v) is 4.06. The molecule has 2 amide bonds. The molecular formula is C11H22N2O3. The Morgan fingerprint density at radius 1 is 1.31 bits per heavy atom. The van der Waals surface area contributed by atoms with Gasteiger partial charge < -0.3 is 15.3 Å². The molecule has 2 atom stereocenters.